The van der Waals surface area contributed by atoms with Gasteiger partial charge in [0.2, 0.25) is 0 Å². The second kappa shape index (κ2) is 3.40. The van der Waals surface area contributed by atoms with Gasteiger partial charge in [0.25, 0.3) is 0 Å². The van der Waals surface area contributed by atoms with Crippen LogP contribution in [0.15, 0.2) is 0 Å². The van der Waals surface area contributed by atoms with E-state index < -0.39 is 0 Å². The van der Waals surface area contributed by atoms with Gasteiger partial charge in [0.1, 0.15) is 0 Å². The Kier molecular flexibility index (Phi) is 2.43. The van der Waals surface area contributed by atoms with Crippen molar-refractivity contribution in [3.05, 3.63) is 30.1 Å². The maximum absolute atomic E-state index is 2.36. The van der Waals surface area contributed by atoms with Crippen LogP contribution in [0.5, 0.6) is 0 Å². The summed E-state index contributed by atoms with van der Waals surface area (Å²) in [5.41, 5.74) is 0. The summed E-state index contributed by atoms with van der Waals surface area (Å²) in [4.78, 5) is 0. The molecule has 0 bridgehead atoms. The van der Waals surface area contributed by atoms with Crippen molar-refractivity contribution in [2.75, 3.05) is 0 Å². The Bertz CT molecular complexity index is 134. The molecule has 0 aromatic heterocycles. The SMILES string of the molecule is C[C]1[CH][C](C)[C]2CCCCC[C]12. The molecule has 0 amide bonds. The van der Waals surface area contributed by atoms with Gasteiger partial charge >= 0.3 is 0 Å². The van der Waals surface area contributed by atoms with Crippen LogP contribution in [0.25, 0.3) is 0 Å². The molecule has 0 unspecified atom stereocenters. The molecule has 0 heteroatoms. The average Bonchev–Trinajstić information content (AvgIpc) is 2.29. The van der Waals surface area contributed by atoms with Gasteiger partial charge in [-0.05, 0) is 42.9 Å². The summed E-state index contributed by atoms with van der Waals surface area (Å²) in [6.45, 7) is 4.52. The van der Waals surface area contributed by atoms with Gasteiger partial charge < -0.3 is 0 Å². The summed E-state index contributed by atoms with van der Waals surface area (Å²) in [6, 6.07) is 0. The first-order valence-corrected chi connectivity index (χ1v) is 5.03. The highest BCUT2D eigenvalue weighted by Gasteiger charge is 2.40. The Morgan fingerprint density at radius 1 is 0.833 bits per heavy atom. The summed E-state index contributed by atoms with van der Waals surface area (Å²) in [5, 5.41) is 0. The van der Waals surface area contributed by atoms with Gasteiger partial charge in [-0.15, -0.1) is 0 Å². The third kappa shape index (κ3) is 1.41. The number of fused-ring (bicyclic) bond motifs is 1. The summed E-state index contributed by atoms with van der Waals surface area (Å²) in [7, 11) is 0. The van der Waals surface area contributed by atoms with Gasteiger partial charge in [0.05, 0.1) is 0 Å². The van der Waals surface area contributed by atoms with Crippen molar-refractivity contribution in [3.63, 3.8) is 0 Å². The fourth-order valence-electron chi connectivity index (χ4n) is 2.45. The Labute approximate surface area is 76.7 Å². The van der Waals surface area contributed by atoms with Crippen LogP contribution in [0.3, 0.4) is 0 Å². The predicted molar refractivity (Wildman–Crippen MR) is 51.7 cm³/mol. The van der Waals surface area contributed by atoms with Crippen molar-refractivity contribution in [1.82, 2.24) is 0 Å². The molecule has 2 aliphatic carbocycles. The van der Waals surface area contributed by atoms with E-state index in [9.17, 15) is 0 Å². The van der Waals surface area contributed by atoms with Crippen LogP contribution in [-0.4, -0.2) is 0 Å². The molecule has 5 radical (unpaired) electrons. The molecule has 0 N–H and O–H groups in total. The molecule has 0 aliphatic heterocycles. The highest BCUT2D eigenvalue weighted by atomic mass is 14.4. The fraction of sp³-hybridized carbons (Fsp3) is 0.583. The minimum absolute atomic E-state index is 1.33. The lowest BCUT2D eigenvalue weighted by Crippen LogP contribution is -2.07. The minimum Gasteiger partial charge on any atom is -0.0582 e. The van der Waals surface area contributed by atoms with Crippen molar-refractivity contribution in [1.29, 1.82) is 0 Å². The van der Waals surface area contributed by atoms with Crippen LogP contribution in [0.1, 0.15) is 46.0 Å². The molecular formula is C12H17. The zero-order valence-electron chi connectivity index (χ0n) is 8.11. The van der Waals surface area contributed by atoms with E-state index in [0.717, 1.165) is 0 Å². The molecule has 2 rings (SSSR count). The van der Waals surface area contributed by atoms with Gasteiger partial charge in [-0.3, -0.25) is 0 Å². The smallest absolute Gasteiger partial charge is 0.00997 e. The average molecular weight is 161 g/mol. The van der Waals surface area contributed by atoms with Crippen molar-refractivity contribution < 1.29 is 0 Å². The molecular weight excluding hydrogens is 144 g/mol. The number of hydrogen-bond acceptors (Lipinski definition) is 0. The van der Waals surface area contributed by atoms with Crippen LogP contribution in [0.4, 0.5) is 0 Å². The molecule has 0 heterocycles. The molecule has 0 aromatic rings. The highest BCUT2D eigenvalue weighted by molar-refractivity contribution is 5.54. The molecule has 2 saturated carbocycles. The Hall–Kier alpha value is 0. The van der Waals surface area contributed by atoms with Crippen LogP contribution < -0.4 is 0 Å². The second-order valence-electron chi connectivity index (χ2n) is 4.03. The first-order valence-electron chi connectivity index (χ1n) is 5.03. The van der Waals surface area contributed by atoms with Crippen LogP contribution in [0, 0.1) is 30.1 Å². The van der Waals surface area contributed by atoms with Crippen molar-refractivity contribution in [3.8, 4) is 0 Å². The molecule has 0 aromatic carbocycles. The Morgan fingerprint density at radius 2 is 1.33 bits per heavy atom. The summed E-state index contributed by atoms with van der Waals surface area (Å²) in [5.74, 6) is 6.41. The highest BCUT2D eigenvalue weighted by Crippen LogP contribution is 2.52. The zero-order chi connectivity index (χ0) is 8.55. The van der Waals surface area contributed by atoms with Crippen LogP contribution >= 0.6 is 0 Å². The van der Waals surface area contributed by atoms with Crippen LogP contribution in [-0.2, 0) is 0 Å². The second-order valence-corrected chi connectivity index (χ2v) is 4.03. The van der Waals surface area contributed by atoms with E-state index in [0.29, 0.717) is 0 Å². The first kappa shape index (κ1) is 8.59. The molecule has 65 valence electrons. The molecule has 2 aliphatic rings. The summed E-state index contributed by atoms with van der Waals surface area (Å²) in [6.07, 6.45) is 9.24. The molecule has 0 atom stereocenters. The Morgan fingerprint density at radius 3 is 1.83 bits per heavy atom. The van der Waals surface area contributed by atoms with E-state index in [4.69, 9.17) is 0 Å². The first-order chi connectivity index (χ1) is 5.79. The quantitative estimate of drug-likeness (QED) is 0.510. The predicted octanol–water partition coefficient (Wildman–Crippen LogP) is 3.51. The molecule has 12 heavy (non-hydrogen) atoms. The van der Waals surface area contributed by atoms with Gasteiger partial charge in [-0.1, -0.05) is 33.1 Å². The largest absolute Gasteiger partial charge is 0.0582 e. The van der Waals surface area contributed by atoms with Crippen molar-refractivity contribution >= 4 is 0 Å². The monoisotopic (exact) mass is 161 g/mol. The van der Waals surface area contributed by atoms with E-state index in [1.54, 1.807) is 11.8 Å². The minimum atomic E-state index is 1.33. The third-order valence-electron chi connectivity index (χ3n) is 3.10. The molecule has 2 fully saturated rings. The topological polar surface area (TPSA) is 0 Å². The molecule has 0 nitrogen and oxygen atoms in total. The Balaban J connectivity index is 2.07. The van der Waals surface area contributed by atoms with E-state index in [2.05, 4.69) is 20.3 Å². The maximum atomic E-state index is 2.36. The lowest BCUT2D eigenvalue weighted by molar-refractivity contribution is 0.699. The molecule has 0 spiro atoms. The summed E-state index contributed by atoms with van der Waals surface area (Å²) < 4.78 is 0. The van der Waals surface area contributed by atoms with Gasteiger partial charge in [-0.2, -0.15) is 0 Å². The van der Waals surface area contributed by atoms with Crippen molar-refractivity contribution in [2.45, 2.75) is 46.0 Å². The van der Waals surface area contributed by atoms with Crippen LogP contribution in [0.2, 0.25) is 0 Å². The number of hydrogen-bond donors (Lipinski definition) is 0. The normalized spacial score (nSPS) is 30.5. The summed E-state index contributed by atoms with van der Waals surface area (Å²) >= 11 is 0. The van der Waals surface area contributed by atoms with Gasteiger partial charge in [-0.25, -0.2) is 0 Å². The van der Waals surface area contributed by atoms with E-state index in [1.807, 2.05) is 0 Å². The third-order valence-corrected chi connectivity index (χ3v) is 3.10. The van der Waals surface area contributed by atoms with Gasteiger partial charge in [0, 0.05) is 0 Å². The zero-order valence-corrected chi connectivity index (χ0v) is 8.11. The molecule has 0 saturated heterocycles. The van der Waals surface area contributed by atoms with Crippen molar-refractivity contribution in [2.24, 2.45) is 0 Å². The van der Waals surface area contributed by atoms with E-state index in [-0.39, 0.29) is 0 Å². The fourth-order valence-corrected chi connectivity index (χ4v) is 2.45. The standard InChI is InChI=1S/C12H17/c1-9-8-10(2)12-7-5-3-4-6-11(9)12/h8H,3-7H2,1-2H3. The van der Waals surface area contributed by atoms with Gasteiger partial charge in [0.15, 0.2) is 0 Å². The van der Waals surface area contributed by atoms with E-state index >= 15 is 0 Å². The van der Waals surface area contributed by atoms with E-state index in [1.165, 1.54) is 43.9 Å². The lowest BCUT2D eigenvalue weighted by Gasteiger charge is -2.19. The number of rotatable bonds is 0. The maximum Gasteiger partial charge on any atom is -0.00997 e. The lowest BCUT2D eigenvalue weighted by atomic mass is 9.84.